The summed E-state index contributed by atoms with van der Waals surface area (Å²) < 4.78 is 1.78. The first-order valence-corrected chi connectivity index (χ1v) is 8.10. The summed E-state index contributed by atoms with van der Waals surface area (Å²) in [5.41, 5.74) is 3.49. The Morgan fingerprint density at radius 2 is 2.08 bits per heavy atom. The number of nitrogens with one attached hydrogen (secondary N) is 1. The van der Waals surface area contributed by atoms with Crippen molar-refractivity contribution in [2.75, 3.05) is 25.5 Å². The number of rotatable bonds is 5. The predicted molar refractivity (Wildman–Crippen MR) is 96.8 cm³/mol. The molecule has 130 valence electrons. The number of amides is 1. The maximum atomic E-state index is 12.4. The van der Waals surface area contributed by atoms with E-state index in [1.807, 2.05) is 38.1 Å². The lowest BCUT2D eigenvalue weighted by Crippen LogP contribution is -2.35. The van der Waals surface area contributed by atoms with E-state index in [0.717, 1.165) is 29.2 Å². The number of hydrogen-bond donors (Lipinski definition) is 1. The molecule has 0 bridgehead atoms. The fraction of sp³-hybridized carbons (Fsp3) is 0.500. The van der Waals surface area contributed by atoms with E-state index in [9.17, 15) is 4.79 Å². The highest BCUT2D eigenvalue weighted by Crippen LogP contribution is 2.29. The minimum absolute atomic E-state index is 0.0389. The van der Waals surface area contributed by atoms with Gasteiger partial charge in [-0.3, -0.25) is 19.4 Å². The van der Waals surface area contributed by atoms with Crippen molar-refractivity contribution >= 4 is 11.6 Å². The van der Waals surface area contributed by atoms with Crippen LogP contribution in [0.2, 0.25) is 0 Å². The van der Waals surface area contributed by atoms with Crippen molar-refractivity contribution < 1.29 is 4.79 Å². The molecule has 0 aliphatic heterocycles. The highest BCUT2D eigenvalue weighted by molar-refractivity contribution is 5.96. The third kappa shape index (κ3) is 4.64. The van der Waals surface area contributed by atoms with Gasteiger partial charge in [0.05, 0.1) is 23.6 Å². The summed E-state index contributed by atoms with van der Waals surface area (Å²) in [6.07, 6.45) is 3.50. The first-order valence-electron chi connectivity index (χ1n) is 8.10. The van der Waals surface area contributed by atoms with Gasteiger partial charge in [0.15, 0.2) is 0 Å². The molecule has 1 amide bonds. The number of aromatic nitrogens is 3. The highest BCUT2D eigenvalue weighted by Gasteiger charge is 2.20. The molecular weight excluding hydrogens is 302 g/mol. The van der Waals surface area contributed by atoms with E-state index in [2.05, 4.69) is 36.2 Å². The van der Waals surface area contributed by atoms with Crippen molar-refractivity contribution in [3.63, 3.8) is 0 Å². The lowest BCUT2D eigenvalue weighted by atomic mass is 9.96. The van der Waals surface area contributed by atoms with Gasteiger partial charge in [-0.05, 0) is 31.5 Å². The van der Waals surface area contributed by atoms with Gasteiger partial charge in [0, 0.05) is 31.5 Å². The second kappa shape index (κ2) is 7.13. The summed E-state index contributed by atoms with van der Waals surface area (Å²) >= 11 is 0. The number of carbonyl (C=O) groups excluding carboxylic acids is 1. The molecule has 0 spiro atoms. The van der Waals surface area contributed by atoms with Gasteiger partial charge in [0.25, 0.3) is 0 Å². The number of nitrogens with zero attached hydrogens (tertiary/aromatic N) is 4. The molecule has 0 aromatic carbocycles. The van der Waals surface area contributed by atoms with Gasteiger partial charge in [-0.1, -0.05) is 20.8 Å². The van der Waals surface area contributed by atoms with Crippen molar-refractivity contribution in [2.45, 2.75) is 27.7 Å². The van der Waals surface area contributed by atoms with Crippen LogP contribution in [0.5, 0.6) is 0 Å². The lowest BCUT2D eigenvalue weighted by molar-refractivity contribution is -0.117. The van der Waals surface area contributed by atoms with E-state index in [4.69, 9.17) is 0 Å². The number of aryl methyl sites for hydroxylation is 2. The van der Waals surface area contributed by atoms with Crippen LogP contribution in [-0.2, 0) is 11.8 Å². The molecule has 24 heavy (non-hydrogen) atoms. The lowest BCUT2D eigenvalue weighted by Gasteiger charge is -2.26. The molecule has 0 aliphatic carbocycles. The molecule has 0 saturated carbocycles. The summed E-state index contributed by atoms with van der Waals surface area (Å²) in [6, 6.07) is 3.84. The molecule has 0 aliphatic rings. The van der Waals surface area contributed by atoms with Crippen LogP contribution < -0.4 is 5.32 Å². The van der Waals surface area contributed by atoms with E-state index in [1.165, 1.54) is 0 Å². The van der Waals surface area contributed by atoms with E-state index >= 15 is 0 Å². The molecule has 1 N–H and O–H groups in total. The molecule has 0 atom stereocenters. The number of likely N-dealkylation sites (N-methyl/N-ethyl adjacent to an activating group) is 1. The Hall–Kier alpha value is -2.21. The number of anilines is 1. The van der Waals surface area contributed by atoms with Gasteiger partial charge in [-0.2, -0.15) is 5.10 Å². The third-order valence-corrected chi connectivity index (χ3v) is 3.58. The largest absolute Gasteiger partial charge is 0.322 e. The van der Waals surface area contributed by atoms with Gasteiger partial charge in [-0.25, -0.2) is 0 Å². The molecule has 0 saturated heterocycles. The third-order valence-electron chi connectivity index (χ3n) is 3.58. The highest BCUT2D eigenvalue weighted by atomic mass is 16.2. The van der Waals surface area contributed by atoms with Gasteiger partial charge in [0.1, 0.15) is 0 Å². The van der Waals surface area contributed by atoms with E-state index < -0.39 is 0 Å². The van der Waals surface area contributed by atoms with Crippen molar-refractivity contribution in [1.29, 1.82) is 0 Å². The van der Waals surface area contributed by atoms with Crippen LogP contribution in [0.15, 0.2) is 24.5 Å². The van der Waals surface area contributed by atoms with Crippen LogP contribution in [0.4, 0.5) is 5.69 Å². The second-order valence-electron chi connectivity index (χ2n) is 7.46. The maximum absolute atomic E-state index is 12.4. The maximum Gasteiger partial charge on any atom is 0.238 e. The van der Waals surface area contributed by atoms with Crippen molar-refractivity contribution in [3.05, 3.63) is 30.2 Å². The molecule has 2 heterocycles. The molecular formula is C18H27N5O. The smallest absolute Gasteiger partial charge is 0.238 e. The van der Waals surface area contributed by atoms with Crippen molar-refractivity contribution in [2.24, 2.45) is 12.5 Å². The van der Waals surface area contributed by atoms with E-state index in [1.54, 1.807) is 17.1 Å². The van der Waals surface area contributed by atoms with Crippen LogP contribution in [0.1, 0.15) is 26.5 Å². The summed E-state index contributed by atoms with van der Waals surface area (Å²) in [7, 11) is 3.83. The molecule has 0 unspecified atom stereocenters. The van der Waals surface area contributed by atoms with Crippen LogP contribution in [0, 0.1) is 12.3 Å². The molecule has 6 heteroatoms. The molecule has 0 fully saturated rings. The van der Waals surface area contributed by atoms with Crippen LogP contribution >= 0.6 is 0 Å². The van der Waals surface area contributed by atoms with Crippen LogP contribution in [0.25, 0.3) is 11.3 Å². The van der Waals surface area contributed by atoms with Crippen LogP contribution in [-0.4, -0.2) is 45.7 Å². The van der Waals surface area contributed by atoms with Gasteiger partial charge < -0.3 is 5.32 Å². The number of hydrogen-bond acceptors (Lipinski definition) is 4. The SMILES string of the molecule is Cc1nn(C)c(-c2cccnc2)c1NC(=O)CN(C)CC(C)(C)C. The van der Waals surface area contributed by atoms with Crippen molar-refractivity contribution in [3.8, 4) is 11.3 Å². The Balaban J connectivity index is 2.17. The van der Waals surface area contributed by atoms with Gasteiger partial charge in [0.2, 0.25) is 5.91 Å². The quantitative estimate of drug-likeness (QED) is 0.916. The normalized spacial score (nSPS) is 11.8. The predicted octanol–water partition coefficient (Wildman–Crippen LogP) is 2.71. The van der Waals surface area contributed by atoms with Gasteiger partial charge in [-0.15, -0.1) is 0 Å². The summed E-state index contributed by atoms with van der Waals surface area (Å²) in [5, 5.41) is 7.46. The summed E-state index contributed by atoms with van der Waals surface area (Å²) in [6.45, 7) is 9.57. The van der Waals surface area contributed by atoms with Gasteiger partial charge >= 0.3 is 0 Å². The fourth-order valence-corrected chi connectivity index (χ4v) is 2.93. The molecule has 2 aromatic rings. The first-order chi connectivity index (χ1) is 11.2. The Labute approximate surface area is 143 Å². The summed E-state index contributed by atoms with van der Waals surface area (Å²) in [4.78, 5) is 18.6. The Bertz CT molecular complexity index is 700. The zero-order valence-corrected chi connectivity index (χ0v) is 15.4. The molecule has 6 nitrogen and oxygen atoms in total. The van der Waals surface area contributed by atoms with E-state index in [0.29, 0.717) is 6.54 Å². The van der Waals surface area contributed by atoms with Crippen molar-refractivity contribution in [1.82, 2.24) is 19.7 Å². The Morgan fingerprint density at radius 1 is 1.38 bits per heavy atom. The standard InChI is InChI=1S/C18H27N5O/c1-13-16(20-15(24)11-22(5)12-18(2,3)4)17(23(6)21-13)14-8-7-9-19-10-14/h7-10H,11-12H2,1-6H3,(H,20,24). The average Bonchev–Trinajstić information content (AvgIpc) is 2.71. The summed E-state index contributed by atoms with van der Waals surface area (Å²) in [5.74, 6) is -0.0389. The zero-order chi connectivity index (χ0) is 17.9. The molecule has 2 rings (SSSR count). The number of carbonyl (C=O) groups is 1. The minimum Gasteiger partial charge on any atom is -0.322 e. The second-order valence-corrected chi connectivity index (χ2v) is 7.46. The molecule has 0 radical (unpaired) electrons. The monoisotopic (exact) mass is 329 g/mol. The fourth-order valence-electron chi connectivity index (χ4n) is 2.93. The number of pyridine rings is 1. The minimum atomic E-state index is -0.0389. The first kappa shape index (κ1) is 18.1. The Kier molecular flexibility index (Phi) is 5.39. The Morgan fingerprint density at radius 3 is 2.67 bits per heavy atom. The zero-order valence-electron chi connectivity index (χ0n) is 15.4. The topological polar surface area (TPSA) is 63.1 Å². The van der Waals surface area contributed by atoms with Crippen LogP contribution in [0.3, 0.4) is 0 Å². The average molecular weight is 329 g/mol. The van der Waals surface area contributed by atoms with E-state index in [-0.39, 0.29) is 11.3 Å². The molecule has 2 aromatic heterocycles.